The van der Waals surface area contributed by atoms with Gasteiger partial charge in [0.25, 0.3) is 28.5 Å². The standard InChI is InChI=1S/C47H51NO14.C20H23N7O7.C8H9FN2O3.C6H8O4.C4H4N2O2.Ca.2H2N.Pt/c1-25-31(60-43(56)36(52)35(28-16-10-7-11-17-28)48-41(54)29-18-12-8-13-19-29)23-47(57)40(61-42(55)30-20-14-9-15-21-30)38-45(6,32(51)22-33-46(38,24-58-33)62-27(3)50)39(53)37(59-26(2)49)34(25)44(47,4)5;21-20-25-16-15(18(32)26-20)27(9-28)12(8-23-16)7-22-11-3-1-10(2-4-11)17(31)24-13(19(33)34)5-6-14(29)30;9-5-4-11(6-2-1-3-14-6)8(13)10-7(5)12;7-4(8)6(5(9)10)2-1-3-6;7-3-1-2-5-4(8)6-3;;;;/h7-21,31-33,35-38,40,51-52,57H,22-24H2,1-6H3,(H,48,54);1-4,9,12-13,22H,5-8H2,(H,24,31)(H,29,30)(H,33,34)(H4,21,23,25,26,32);4,6H,1-3H2,(H,10,12,13);1-3H2,(H,7,8)(H,9,10);1-2H,(H2,5,6,7,8);;2*1H2;/q;;;;;;2*-1;+2/t31-,32-,33+,35-,36+,37+,38-,40-,45+,46-,47+;12?,13-;;;;;;;/m00......./s1. The Morgan fingerprint density at radius 2 is 1.35 bits per heavy atom. The summed E-state index contributed by atoms with van der Waals surface area (Å²) in [5.74, 6) is -13.2. The first-order valence-corrected chi connectivity index (χ1v) is 40.1. The van der Waals surface area contributed by atoms with Gasteiger partial charge >= 0.3 is 80.2 Å². The van der Waals surface area contributed by atoms with Gasteiger partial charge in [0, 0.05) is 125 Å². The number of anilines is 4. The van der Waals surface area contributed by atoms with E-state index in [9.17, 15) is 102 Å². The number of aliphatic hydroxyl groups is 3. The molecule has 14 rings (SSSR count). The summed E-state index contributed by atoms with van der Waals surface area (Å²) in [7, 11) is 0. The normalized spacial score (nSPS) is 23.3. The third-order valence-electron chi connectivity index (χ3n) is 23.5. The monoisotopic (exact) mass is 2050 g/mol. The number of nitrogens with two attached hydrogens (primary N) is 3. The number of nitrogen functional groups attached to an aromatic ring is 1. The first-order chi connectivity index (χ1) is 60.5. The topological polar surface area (TPSA) is 713 Å². The van der Waals surface area contributed by atoms with E-state index in [0.717, 1.165) is 31.0 Å². The smallest absolute Gasteiger partial charge is 0.693 e. The summed E-state index contributed by atoms with van der Waals surface area (Å²) in [5, 5.41) is 83.4. The van der Waals surface area contributed by atoms with E-state index in [2.05, 4.69) is 36.2 Å². The molecule has 14 atom stereocenters. The number of ketones is 1. The Labute approximate surface area is 793 Å². The molecular weight excluding hydrogens is 1950 g/mol. The Balaban J connectivity index is 0.000000316. The van der Waals surface area contributed by atoms with Gasteiger partial charge in [-0.05, 0) is 118 Å². The van der Waals surface area contributed by atoms with Gasteiger partial charge in [0.15, 0.2) is 40.5 Å². The van der Waals surface area contributed by atoms with E-state index >= 15 is 4.79 Å². The van der Waals surface area contributed by atoms with E-state index in [-0.39, 0.29) is 161 Å². The maximum Gasteiger partial charge on any atom is 2.00 e. The molecule has 6 heterocycles. The molecule has 4 aliphatic carbocycles. The number of aromatic nitrogens is 6. The molecular formula is C85H99CaFN14O30Pt. The van der Waals surface area contributed by atoms with Crippen LogP contribution in [0.5, 0.6) is 0 Å². The molecule has 7 aromatic rings. The van der Waals surface area contributed by atoms with Crippen LogP contribution in [0.3, 0.4) is 0 Å². The Bertz CT molecular complexity index is 5660. The summed E-state index contributed by atoms with van der Waals surface area (Å²) in [6, 6.07) is 28.5. The van der Waals surface area contributed by atoms with Crippen molar-refractivity contribution in [3.63, 3.8) is 0 Å². The van der Waals surface area contributed by atoms with Crippen molar-refractivity contribution in [2.24, 2.45) is 22.2 Å². The van der Waals surface area contributed by atoms with E-state index < -0.39 is 201 Å². The molecule has 708 valence electrons. The predicted molar refractivity (Wildman–Crippen MR) is 460 cm³/mol. The fourth-order valence-corrected chi connectivity index (χ4v) is 16.5. The number of rotatable bonds is 23. The van der Waals surface area contributed by atoms with Gasteiger partial charge in [0.1, 0.15) is 36.2 Å². The molecule has 7 aliphatic rings. The second kappa shape index (κ2) is 46.2. The third kappa shape index (κ3) is 24.0. The Morgan fingerprint density at radius 3 is 1.86 bits per heavy atom. The number of nitrogens with one attached hydrogen (secondary N) is 8. The van der Waals surface area contributed by atoms with Gasteiger partial charge in [-0.1, -0.05) is 80.6 Å². The number of H-pyrrole nitrogens is 4. The number of esters is 4. The fourth-order valence-electron chi connectivity index (χ4n) is 16.5. The summed E-state index contributed by atoms with van der Waals surface area (Å²) in [6.07, 6.45) is -6.14. The van der Waals surface area contributed by atoms with Crippen LogP contribution in [0, 0.1) is 28.0 Å². The molecule has 2 bridgehead atoms. The molecule has 2 saturated heterocycles. The number of halogens is 1. The number of hydrogen-bond donors (Lipinski definition) is 16. The molecule has 2 radical (unpaired) electrons. The van der Waals surface area contributed by atoms with Crippen molar-refractivity contribution in [1.29, 1.82) is 0 Å². The molecule has 2 unspecified atom stereocenters. The van der Waals surface area contributed by atoms with Crippen molar-refractivity contribution in [2.75, 3.05) is 47.6 Å². The minimum absolute atomic E-state index is 0. The molecule has 44 nitrogen and oxygen atoms in total. The van der Waals surface area contributed by atoms with E-state index in [4.69, 9.17) is 49.5 Å². The third-order valence-corrected chi connectivity index (χ3v) is 23.5. The predicted octanol–water partition coefficient (Wildman–Crippen LogP) is 3.43. The number of benzene rings is 4. The van der Waals surface area contributed by atoms with Crippen LogP contribution in [-0.4, -0.2) is 261 Å². The van der Waals surface area contributed by atoms with Crippen LogP contribution in [0.4, 0.5) is 27.5 Å². The summed E-state index contributed by atoms with van der Waals surface area (Å²) >= 11 is 0. The number of hydrogen-bond acceptors (Lipinski definition) is 30. The molecule has 3 aromatic heterocycles. The minimum atomic E-state index is -2.39. The number of nitrogens with zero attached hydrogens (tertiary/aromatic N) is 3. The van der Waals surface area contributed by atoms with Crippen LogP contribution in [0.2, 0.25) is 0 Å². The molecule has 3 saturated carbocycles. The van der Waals surface area contributed by atoms with Crippen LogP contribution < -0.4 is 60.0 Å². The second-order valence-corrected chi connectivity index (χ2v) is 31.8. The Hall–Kier alpha value is -12.3. The number of carbonyl (C=O) groups is 12. The number of aliphatic hydroxyl groups excluding tert-OH is 2. The molecule has 3 amide bonds. The van der Waals surface area contributed by atoms with Crippen molar-refractivity contribution in [3.8, 4) is 0 Å². The number of amides is 3. The van der Waals surface area contributed by atoms with Crippen molar-refractivity contribution in [3.05, 3.63) is 237 Å². The van der Waals surface area contributed by atoms with Gasteiger partial charge in [0.05, 0.1) is 47.9 Å². The van der Waals surface area contributed by atoms with Gasteiger partial charge in [-0.15, -0.1) is 0 Å². The van der Waals surface area contributed by atoms with Gasteiger partial charge in [-0.25, -0.2) is 24.0 Å². The zero-order valence-electron chi connectivity index (χ0n) is 71.8. The maximum atomic E-state index is 15.5. The number of carboxylic acids is 4. The van der Waals surface area contributed by atoms with Gasteiger partial charge < -0.3 is 113 Å². The number of fused-ring (bicyclic) bond motifs is 6. The number of carboxylic acid groups (broad SMARTS) is 4. The number of aliphatic carboxylic acids is 4. The number of Topliss-reactive ketones (excluding diaryl/α,β-unsaturated/α-hetero) is 1. The fraction of sp³-hybridized carbons (Fsp3) is 0.412. The average molecular weight is 2050 g/mol. The summed E-state index contributed by atoms with van der Waals surface area (Å²) in [5.41, 5.74) is -5.11. The van der Waals surface area contributed by atoms with Crippen LogP contribution in [-0.2, 0) is 92.6 Å². The first-order valence-electron chi connectivity index (χ1n) is 40.1. The van der Waals surface area contributed by atoms with Crippen molar-refractivity contribution in [2.45, 2.75) is 172 Å². The van der Waals surface area contributed by atoms with Gasteiger partial charge in [-0.3, -0.25) is 77.1 Å². The van der Waals surface area contributed by atoms with Crippen LogP contribution >= 0.6 is 0 Å². The Morgan fingerprint density at radius 1 is 0.750 bits per heavy atom. The zero-order chi connectivity index (χ0) is 93.7. The molecule has 21 N–H and O–H groups in total. The quantitative estimate of drug-likeness (QED) is 0.0109. The van der Waals surface area contributed by atoms with E-state index in [1.807, 2.05) is 9.97 Å². The number of ether oxygens (including phenoxy) is 6. The molecule has 0 spiro atoms. The van der Waals surface area contributed by atoms with Crippen LogP contribution in [0.25, 0.3) is 12.3 Å². The second-order valence-electron chi connectivity index (χ2n) is 31.8. The number of aromatic amines is 4. The molecule has 4 aromatic carbocycles. The largest absolute Gasteiger partial charge is 2.00 e. The van der Waals surface area contributed by atoms with Gasteiger partial charge in [0.2, 0.25) is 18.2 Å². The SMILES string of the molecule is CC(=O)O[C@H]1C(=O)[C@@]2(C)[C@H]([C@H](OC(=O)c3ccccc3)[C@]3(O)C[C@H](OC(=O)[C@H](O)[C@@H](NC(=O)c4ccccc4)c4ccccc4)C(C)=C1C3(C)C)[C@]1(OC(C)=O)CO[C@@H]1C[C@@H]2O.Nc1nc2c(c(=O)[nH]1)N(C=O)C(CNc1ccc(C(=O)N[C@@H](CCC(=O)O)C(=O)O)cc1)CN2.O=C(O)C1(C(=O)O)CCC1.O=c1[nH]c(=O)n(C2CCCO2)cc1F.O=c1cc[nH]c(=O)[nH]1.[Ca].[NH2-].[NH2-].[Pt+2]. The van der Waals surface area contributed by atoms with E-state index in [0.29, 0.717) is 43.7 Å². The number of carbonyl (C=O) groups excluding carboxylic acids is 8. The Kier molecular flexibility index (Phi) is 37.9. The van der Waals surface area contributed by atoms with Crippen molar-refractivity contribution < 1.29 is 147 Å². The molecule has 47 heteroatoms. The van der Waals surface area contributed by atoms with E-state index in [1.54, 1.807) is 105 Å². The summed E-state index contributed by atoms with van der Waals surface area (Å²) in [4.78, 5) is 218. The maximum absolute atomic E-state index is 15.5. The van der Waals surface area contributed by atoms with Crippen LogP contribution in [0.1, 0.15) is 148 Å². The van der Waals surface area contributed by atoms with E-state index in [1.165, 1.54) is 55.3 Å². The molecule has 5 fully saturated rings. The first kappa shape index (κ1) is 108. The zero-order valence-corrected chi connectivity index (χ0v) is 76.3. The van der Waals surface area contributed by atoms with Gasteiger partial charge in [-0.2, -0.15) is 9.37 Å². The summed E-state index contributed by atoms with van der Waals surface area (Å²) < 4.78 is 49.4. The minimum Gasteiger partial charge on any atom is -0.693 e. The summed E-state index contributed by atoms with van der Waals surface area (Å²) in [6.45, 7) is 9.10. The van der Waals surface area contributed by atoms with Crippen molar-refractivity contribution in [1.82, 2.24) is 40.1 Å². The van der Waals surface area contributed by atoms with Crippen molar-refractivity contribution >= 4 is 133 Å². The average Bonchev–Trinajstić information content (AvgIpc) is 0.759. The molecule has 132 heavy (non-hydrogen) atoms. The molecule has 3 aliphatic heterocycles. The van der Waals surface area contributed by atoms with Crippen LogP contribution in [0.15, 0.2) is 169 Å².